The van der Waals surface area contributed by atoms with Crippen molar-refractivity contribution < 1.29 is 14.3 Å². The summed E-state index contributed by atoms with van der Waals surface area (Å²) in [5.41, 5.74) is 2.69. The van der Waals surface area contributed by atoms with Crippen molar-refractivity contribution in [2.24, 2.45) is 5.92 Å². The fourth-order valence-electron chi connectivity index (χ4n) is 4.12. The van der Waals surface area contributed by atoms with Gasteiger partial charge in [-0.05, 0) is 44.2 Å². The molecule has 2 fully saturated rings. The molecule has 2 aliphatic rings. The molecule has 8 heteroatoms. The monoisotopic (exact) mass is 409 g/mol. The molecular formula is C22H27N5O3. The molecule has 0 N–H and O–H groups in total. The van der Waals surface area contributed by atoms with Gasteiger partial charge in [-0.3, -0.25) is 9.59 Å². The second-order valence-electron chi connectivity index (χ2n) is 7.87. The van der Waals surface area contributed by atoms with Crippen molar-refractivity contribution in [3.05, 3.63) is 41.7 Å². The van der Waals surface area contributed by atoms with E-state index < -0.39 is 0 Å². The van der Waals surface area contributed by atoms with Gasteiger partial charge in [-0.2, -0.15) is 0 Å². The summed E-state index contributed by atoms with van der Waals surface area (Å²) in [5.74, 6) is 1.20. The minimum Gasteiger partial charge on any atom is -0.497 e. The van der Waals surface area contributed by atoms with E-state index in [0.29, 0.717) is 32.7 Å². The van der Waals surface area contributed by atoms with Gasteiger partial charge in [0.15, 0.2) is 0 Å². The zero-order chi connectivity index (χ0) is 21.3. The van der Waals surface area contributed by atoms with Gasteiger partial charge in [0.05, 0.1) is 13.0 Å². The average Bonchev–Trinajstić information content (AvgIpc) is 3.14. The number of nitrogens with zero attached hydrogens (tertiary/aromatic N) is 5. The minimum absolute atomic E-state index is 0.0132. The molecule has 4 rings (SSSR count). The number of carbonyl (C=O) groups excluding carboxylic acids is 2. The largest absolute Gasteiger partial charge is 0.497 e. The Hall–Kier alpha value is -3.16. The molecule has 1 atom stereocenters. The first kappa shape index (κ1) is 20.1. The Morgan fingerprint density at radius 2 is 1.67 bits per heavy atom. The van der Waals surface area contributed by atoms with Crippen LogP contribution in [0.2, 0.25) is 0 Å². The molecule has 1 aromatic heterocycles. The van der Waals surface area contributed by atoms with E-state index in [1.165, 1.54) is 0 Å². The second kappa shape index (κ2) is 8.30. The lowest BCUT2D eigenvalue weighted by molar-refractivity contribution is -0.136. The summed E-state index contributed by atoms with van der Waals surface area (Å²) in [6.45, 7) is 6.96. The third-order valence-electron chi connectivity index (χ3n) is 5.70. The molecule has 0 saturated carbocycles. The van der Waals surface area contributed by atoms with Gasteiger partial charge in [-0.1, -0.05) is 0 Å². The molecule has 0 aliphatic carbocycles. The predicted octanol–water partition coefficient (Wildman–Crippen LogP) is 1.80. The first-order valence-electron chi connectivity index (χ1n) is 10.2. The molecule has 2 aromatic rings. The van der Waals surface area contributed by atoms with Crippen LogP contribution in [-0.2, 0) is 9.59 Å². The van der Waals surface area contributed by atoms with Crippen LogP contribution in [-0.4, -0.2) is 66.5 Å². The predicted molar refractivity (Wildman–Crippen MR) is 114 cm³/mol. The number of methoxy groups -OCH3 is 1. The van der Waals surface area contributed by atoms with Crippen LogP contribution in [0.4, 0.5) is 11.6 Å². The van der Waals surface area contributed by atoms with E-state index in [2.05, 4.69) is 14.9 Å². The molecule has 30 heavy (non-hydrogen) atoms. The van der Waals surface area contributed by atoms with Crippen molar-refractivity contribution in [3.8, 4) is 5.75 Å². The van der Waals surface area contributed by atoms with Gasteiger partial charge >= 0.3 is 0 Å². The van der Waals surface area contributed by atoms with Crippen LogP contribution in [0.25, 0.3) is 0 Å². The van der Waals surface area contributed by atoms with Crippen LogP contribution in [0.1, 0.15) is 17.8 Å². The maximum Gasteiger partial charge on any atom is 0.228 e. The lowest BCUT2D eigenvalue weighted by Crippen LogP contribution is -2.51. The molecule has 1 aromatic carbocycles. The van der Waals surface area contributed by atoms with Crippen molar-refractivity contribution in [2.45, 2.75) is 20.3 Å². The number of amides is 2. The van der Waals surface area contributed by atoms with Gasteiger partial charge in [0, 0.05) is 56.2 Å². The highest BCUT2D eigenvalue weighted by Crippen LogP contribution is 2.28. The molecule has 0 radical (unpaired) electrons. The minimum atomic E-state index is -0.302. The fourth-order valence-corrected chi connectivity index (χ4v) is 4.12. The van der Waals surface area contributed by atoms with E-state index in [1.54, 1.807) is 12.0 Å². The van der Waals surface area contributed by atoms with Crippen LogP contribution in [0.3, 0.4) is 0 Å². The van der Waals surface area contributed by atoms with Crippen LogP contribution < -0.4 is 14.5 Å². The highest BCUT2D eigenvalue weighted by atomic mass is 16.5. The van der Waals surface area contributed by atoms with Crippen molar-refractivity contribution in [1.82, 2.24) is 14.9 Å². The number of hydrogen-bond acceptors (Lipinski definition) is 6. The van der Waals surface area contributed by atoms with Crippen LogP contribution in [0.5, 0.6) is 5.75 Å². The second-order valence-corrected chi connectivity index (χ2v) is 7.87. The smallest absolute Gasteiger partial charge is 0.228 e. The number of aromatic nitrogens is 2. The van der Waals surface area contributed by atoms with Gasteiger partial charge < -0.3 is 19.4 Å². The Morgan fingerprint density at radius 3 is 2.27 bits per heavy atom. The summed E-state index contributed by atoms with van der Waals surface area (Å²) in [4.78, 5) is 40.3. The van der Waals surface area contributed by atoms with E-state index in [4.69, 9.17) is 4.74 Å². The zero-order valence-corrected chi connectivity index (χ0v) is 17.7. The number of piperazine rings is 1. The third-order valence-corrected chi connectivity index (χ3v) is 5.70. The van der Waals surface area contributed by atoms with Crippen LogP contribution >= 0.6 is 0 Å². The Kier molecular flexibility index (Phi) is 5.57. The fraction of sp³-hybridized carbons (Fsp3) is 0.455. The van der Waals surface area contributed by atoms with Crippen molar-refractivity contribution >= 4 is 23.5 Å². The standard InChI is InChI=1S/C22H27N5O3/c1-15-12-16(2)24-22(23-15)26-10-8-25(9-11-26)21(29)17-13-20(28)27(14-17)18-4-6-19(30-3)7-5-18/h4-7,12,17H,8-11,13-14H2,1-3H3/t17-/m1/s1. The molecule has 0 unspecified atom stereocenters. The SMILES string of the molecule is COc1ccc(N2C[C@H](C(=O)N3CCN(c4nc(C)cc(C)n4)CC3)CC2=O)cc1. The number of aryl methyl sites for hydroxylation is 2. The summed E-state index contributed by atoms with van der Waals surface area (Å²) < 4.78 is 5.17. The Labute approximate surface area is 176 Å². The summed E-state index contributed by atoms with van der Waals surface area (Å²) in [6, 6.07) is 9.31. The topological polar surface area (TPSA) is 78.9 Å². The number of ether oxygens (including phenoxy) is 1. The number of carbonyl (C=O) groups is 2. The highest BCUT2D eigenvalue weighted by Gasteiger charge is 2.38. The number of anilines is 2. The van der Waals surface area contributed by atoms with Gasteiger partial charge in [0.2, 0.25) is 17.8 Å². The Balaban J connectivity index is 1.36. The average molecular weight is 409 g/mol. The van der Waals surface area contributed by atoms with Gasteiger partial charge in [0.1, 0.15) is 5.75 Å². The summed E-state index contributed by atoms with van der Waals surface area (Å²) >= 11 is 0. The molecule has 2 saturated heterocycles. The van der Waals surface area contributed by atoms with Gasteiger partial charge in [-0.25, -0.2) is 9.97 Å². The summed E-state index contributed by atoms with van der Waals surface area (Å²) in [7, 11) is 1.61. The summed E-state index contributed by atoms with van der Waals surface area (Å²) in [5, 5.41) is 0. The first-order chi connectivity index (χ1) is 14.4. The van der Waals surface area contributed by atoms with E-state index in [0.717, 1.165) is 28.8 Å². The van der Waals surface area contributed by atoms with Gasteiger partial charge in [-0.15, -0.1) is 0 Å². The number of hydrogen-bond donors (Lipinski definition) is 0. The maximum absolute atomic E-state index is 13.1. The van der Waals surface area contributed by atoms with Gasteiger partial charge in [0.25, 0.3) is 0 Å². The lowest BCUT2D eigenvalue weighted by atomic mass is 10.1. The molecule has 0 bridgehead atoms. The molecular weight excluding hydrogens is 382 g/mol. The molecule has 0 spiro atoms. The molecule has 8 nitrogen and oxygen atoms in total. The highest BCUT2D eigenvalue weighted by molar-refractivity contribution is 6.00. The number of rotatable bonds is 4. The van der Waals surface area contributed by atoms with Crippen molar-refractivity contribution in [1.29, 1.82) is 0 Å². The molecule has 2 amide bonds. The van der Waals surface area contributed by atoms with Crippen molar-refractivity contribution in [3.63, 3.8) is 0 Å². The maximum atomic E-state index is 13.1. The van der Waals surface area contributed by atoms with E-state index in [9.17, 15) is 9.59 Å². The lowest BCUT2D eigenvalue weighted by Gasteiger charge is -2.36. The quantitative estimate of drug-likeness (QED) is 0.766. The van der Waals surface area contributed by atoms with E-state index in [1.807, 2.05) is 49.1 Å². The van der Waals surface area contributed by atoms with Crippen LogP contribution in [0, 0.1) is 19.8 Å². The molecule has 3 heterocycles. The molecule has 158 valence electrons. The van der Waals surface area contributed by atoms with E-state index in [-0.39, 0.29) is 24.2 Å². The summed E-state index contributed by atoms with van der Waals surface area (Å²) in [6.07, 6.45) is 0.255. The third kappa shape index (κ3) is 4.08. The Bertz CT molecular complexity index is 918. The normalized spacial score (nSPS) is 19.4. The van der Waals surface area contributed by atoms with Crippen LogP contribution in [0.15, 0.2) is 30.3 Å². The van der Waals surface area contributed by atoms with Crippen molar-refractivity contribution in [2.75, 3.05) is 49.6 Å². The molecule has 2 aliphatic heterocycles. The first-order valence-corrected chi connectivity index (χ1v) is 10.2. The zero-order valence-electron chi connectivity index (χ0n) is 17.7. The number of benzene rings is 1. The Morgan fingerprint density at radius 1 is 1.03 bits per heavy atom. The van der Waals surface area contributed by atoms with E-state index >= 15 is 0 Å².